The highest BCUT2D eigenvalue weighted by atomic mass is 28.3. The molecule has 0 fully saturated rings. The summed E-state index contributed by atoms with van der Waals surface area (Å²) in [5.74, 6) is 0. The van der Waals surface area contributed by atoms with Crippen LogP contribution in [0.25, 0.3) is 0 Å². The maximum atomic E-state index is 3.73. The van der Waals surface area contributed by atoms with E-state index in [0.717, 1.165) is 0 Å². The Morgan fingerprint density at radius 1 is 1.25 bits per heavy atom. The molecule has 1 nitrogen and oxygen atoms in total. The quantitative estimate of drug-likeness (QED) is 0.593. The predicted molar refractivity (Wildman–Crippen MR) is 59.0 cm³/mol. The second-order valence-corrected chi connectivity index (χ2v) is 7.57. The summed E-state index contributed by atoms with van der Waals surface area (Å²) in [6.07, 6.45) is 2.56. The van der Waals surface area contributed by atoms with Crippen LogP contribution in [0.15, 0.2) is 0 Å². The summed E-state index contributed by atoms with van der Waals surface area (Å²) in [6.45, 7) is 11.7. The molecular weight excluding hydrogens is 178 g/mol. The Balaban J connectivity index is 3.89. The van der Waals surface area contributed by atoms with Crippen molar-refractivity contribution in [1.82, 2.24) is 4.57 Å². The van der Waals surface area contributed by atoms with Crippen LogP contribution in [0, 0.1) is 0 Å². The van der Waals surface area contributed by atoms with Crippen molar-refractivity contribution >= 4 is 19.2 Å². The smallest absolute Gasteiger partial charge is 0.132 e. The zero-order chi connectivity index (χ0) is 9.56. The van der Waals surface area contributed by atoms with Gasteiger partial charge < -0.3 is 4.57 Å². The highest BCUT2D eigenvalue weighted by molar-refractivity contribution is 6.64. The summed E-state index contributed by atoms with van der Waals surface area (Å²) in [5, 5.41) is 0.688. The molecule has 0 aliphatic rings. The summed E-state index contributed by atoms with van der Waals surface area (Å²) in [5.41, 5.74) is 0. The van der Waals surface area contributed by atoms with Gasteiger partial charge in [0.25, 0.3) is 0 Å². The Kier molecular flexibility index (Phi) is 7.09. The van der Waals surface area contributed by atoms with E-state index in [9.17, 15) is 0 Å². The fourth-order valence-corrected chi connectivity index (χ4v) is 3.53. The topological polar surface area (TPSA) is 3.24 Å². The van der Waals surface area contributed by atoms with Gasteiger partial charge in [-0.1, -0.05) is 27.3 Å². The number of nitrogens with zero attached hydrogens (tertiary/aromatic N) is 1. The molecule has 3 heteroatoms. The lowest BCUT2D eigenvalue weighted by Gasteiger charge is -2.29. The van der Waals surface area contributed by atoms with Crippen LogP contribution >= 0.6 is 0 Å². The number of rotatable bonds is 6. The van der Waals surface area contributed by atoms with Crippen molar-refractivity contribution < 1.29 is 0 Å². The first-order chi connectivity index (χ1) is 5.63. The molecule has 0 N–H and O–H groups in total. The van der Waals surface area contributed by atoms with E-state index >= 15 is 0 Å². The molecule has 0 saturated heterocycles. The SMILES string of the molecule is CCCN(CCC)[Si](C)C(C)[Si]. The normalized spacial score (nSPS) is 14.2. The summed E-state index contributed by atoms with van der Waals surface area (Å²) < 4.78 is 2.66. The lowest BCUT2D eigenvalue weighted by molar-refractivity contribution is 0.428. The first-order valence-electron chi connectivity index (χ1n) is 4.92. The Labute approximate surface area is 82.6 Å². The second kappa shape index (κ2) is 6.86. The molecule has 1 atom stereocenters. The molecule has 0 spiro atoms. The molecule has 0 aromatic rings. The summed E-state index contributed by atoms with van der Waals surface area (Å²) in [4.78, 5) is 0. The third-order valence-electron chi connectivity index (χ3n) is 2.11. The van der Waals surface area contributed by atoms with E-state index in [0.29, 0.717) is 5.16 Å². The molecule has 0 amide bonds. The number of hydrogen-bond acceptors (Lipinski definition) is 1. The molecule has 0 heterocycles. The predicted octanol–water partition coefficient (Wildman–Crippen LogP) is 2.25. The average molecular weight is 199 g/mol. The third kappa shape index (κ3) is 4.43. The van der Waals surface area contributed by atoms with Crippen molar-refractivity contribution in [2.45, 2.75) is 45.3 Å². The van der Waals surface area contributed by atoms with Crippen LogP contribution in [0.2, 0.25) is 11.7 Å². The van der Waals surface area contributed by atoms with Crippen LogP contribution in [0.5, 0.6) is 0 Å². The van der Waals surface area contributed by atoms with Gasteiger partial charge in [-0.15, -0.1) is 0 Å². The maximum Gasteiger partial charge on any atom is 0.132 e. The Bertz CT molecular complexity index is 101. The molecule has 0 aromatic heterocycles. The van der Waals surface area contributed by atoms with Gasteiger partial charge in [-0.3, -0.25) is 0 Å². The standard InChI is InChI=1S/C9H21NSi2/c1-5-7-10(8-6-2)12(4)9(3)11/h9H,5-8H2,1-4H3. The van der Waals surface area contributed by atoms with E-state index in [1.807, 2.05) is 0 Å². The molecule has 0 aromatic carbocycles. The monoisotopic (exact) mass is 199 g/mol. The van der Waals surface area contributed by atoms with Gasteiger partial charge in [0, 0.05) is 10.2 Å². The van der Waals surface area contributed by atoms with E-state index in [1.54, 1.807) is 0 Å². The average Bonchev–Trinajstić information content (AvgIpc) is 2.03. The molecule has 70 valence electrons. The molecule has 0 aliphatic heterocycles. The fraction of sp³-hybridized carbons (Fsp3) is 1.00. The lowest BCUT2D eigenvalue weighted by atomic mass is 10.4. The van der Waals surface area contributed by atoms with Gasteiger partial charge in [0.1, 0.15) is 8.96 Å². The molecule has 12 heavy (non-hydrogen) atoms. The number of hydrogen-bond donors (Lipinski definition) is 0. The van der Waals surface area contributed by atoms with Gasteiger partial charge >= 0.3 is 0 Å². The zero-order valence-electron chi connectivity index (χ0n) is 8.85. The highest BCUT2D eigenvalue weighted by Gasteiger charge is 2.17. The molecule has 0 saturated carbocycles. The van der Waals surface area contributed by atoms with Gasteiger partial charge in [0.2, 0.25) is 0 Å². The fourth-order valence-electron chi connectivity index (χ4n) is 1.28. The van der Waals surface area contributed by atoms with Crippen LogP contribution in [-0.2, 0) is 0 Å². The Morgan fingerprint density at radius 3 is 1.92 bits per heavy atom. The van der Waals surface area contributed by atoms with Gasteiger partial charge in [0.15, 0.2) is 0 Å². The van der Waals surface area contributed by atoms with Crippen molar-refractivity contribution in [2.75, 3.05) is 13.1 Å². The molecule has 0 bridgehead atoms. The lowest BCUT2D eigenvalue weighted by Crippen LogP contribution is -2.40. The van der Waals surface area contributed by atoms with E-state index in [2.05, 4.69) is 42.1 Å². The van der Waals surface area contributed by atoms with Crippen LogP contribution in [0.3, 0.4) is 0 Å². The Hall–Kier alpha value is 0.394. The minimum atomic E-state index is -0.323. The molecule has 0 aliphatic carbocycles. The zero-order valence-corrected chi connectivity index (χ0v) is 10.9. The summed E-state index contributed by atoms with van der Waals surface area (Å²) in [7, 11) is 3.41. The van der Waals surface area contributed by atoms with Crippen molar-refractivity contribution in [3.05, 3.63) is 0 Å². The minimum absolute atomic E-state index is 0.323. The van der Waals surface area contributed by atoms with Crippen LogP contribution in [0.4, 0.5) is 0 Å². The van der Waals surface area contributed by atoms with Gasteiger partial charge in [-0.05, 0) is 31.1 Å². The second-order valence-electron chi connectivity index (χ2n) is 3.35. The highest BCUT2D eigenvalue weighted by Crippen LogP contribution is 2.09. The van der Waals surface area contributed by atoms with E-state index in [1.165, 1.54) is 25.9 Å². The van der Waals surface area contributed by atoms with Crippen LogP contribution in [-0.4, -0.2) is 36.9 Å². The summed E-state index contributed by atoms with van der Waals surface area (Å²) in [6, 6.07) is 0. The van der Waals surface area contributed by atoms with Crippen molar-refractivity contribution in [1.29, 1.82) is 0 Å². The first-order valence-corrected chi connectivity index (χ1v) is 7.53. The van der Waals surface area contributed by atoms with E-state index in [4.69, 9.17) is 0 Å². The third-order valence-corrected chi connectivity index (χ3v) is 6.06. The van der Waals surface area contributed by atoms with Gasteiger partial charge in [-0.25, -0.2) is 0 Å². The van der Waals surface area contributed by atoms with Crippen molar-refractivity contribution in [2.24, 2.45) is 0 Å². The minimum Gasteiger partial charge on any atom is -0.324 e. The van der Waals surface area contributed by atoms with Crippen LogP contribution in [0.1, 0.15) is 33.6 Å². The first kappa shape index (κ1) is 12.4. The van der Waals surface area contributed by atoms with E-state index in [-0.39, 0.29) is 8.96 Å². The van der Waals surface area contributed by atoms with Crippen molar-refractivity contribution in [3.8, 4) is 0 Å². The Morgan fingerprint density at radius 2 is 1.67 bits per heavy atom. The maximum absolute atomic E-state index is 3.73. The molecule has 0 rings (SSSR count). The molecule has 4 radical (unpaired) electrons. The van der Waals surface area contributed by atoms with Crippen molar-refractivity contribution in [3.63, 3.8) is 0 Å². The van der Waals surface area contributed by atoms with Gasteiger partial charge in [0.05, 0.1) is 0 Å². The van der Waals surface area contributed by atoms with Gasteiger partial charge in [-0.2, -0.15) is 0 Å². The largest absolute Gasteiger partial charge is 0.324 e. The van der Waals surface area contributed by atoms with Crippen LogP contribution < -0.4 is 0 Å². The summed E-state index contributed by atoms with van der Waals surface area (Å²) >= 11 is 0. The van der Waals surface area contributed by atoms with E-state index < -0.39 is 0 Å². The molecular formula is C9H21NSi2. The molecule has 1 unspecified atom stereocenters.